The van der Waals surface area contributed by atoms with Crippen LogP contribution in [-0.2, 0) is 19.0 Å². The molecule has 2 heterocycles. The summed E-state index contributed by atoms with van der Waals surface area (Å²) in [5.74, 6) is -0.629. The van der Waals surface area contributed by atoms with Gasteiger partial charge >= 0.3 is 5.97 Å². The summed E-state index contributed by atoms with van der Waals surface area (Å²) >= 11 is 5.94. The number of cyclic esters (lactones) is 1. The van der Waals surface area contributed by atoms with Gasteiger partial charge in [0.2, 0.25) is 5.79 Å². The van der Waals surface area contributed by atoms with Crippen LogP contribution in [0.15, 0.2) is 35.6 Å². The third-order valence-electron chi connectivity index (χ3n) is 3.86. The van der Waals surface area contributed by atoms with Crippen molar-refractivity contribution in [2.24, 2.45) is 0 Å². The zero-order chi connectivity index (χ0) is 15.9. The minimum Gasteiger partial charge on any atom is -0.456 e. The first-order valence-corrected chi connectivity index (χ1v) is 7.83. The molecule has 5 heteroatoms. The zero-order valence-electron chi connectivity index (χ0n) is 12.9. The van der Waals surface area contributed by atoms with Crippen LogP contribution < -0.4 is 0 Å². The highest BCUT2D eigenvalue weighted by Gasteiger charge is 2.44. The SMILES string of the molecule is CC[C@@H]1CC2=C(C(=O)OC(C)(C)O2)[C@H](c2ccc(Cl)cc2)O1. The van der Waals surface area contributed by atoms with Crippen molar-refractivity contribution in [3.8, 4) is 0 Å². The quantitative estimate of drug-likeness (QED) is 0.767. The van der Waals surface area contributed by atoms with Gasteiger partial charge in [0.05, 0.1) is 6.10 Å². The molecular formula is C17H19ClO4. The minimum atomic E-state index is -0.934. The van der Waals surface area contributed by atoms with Crippen LogP contribution in [0.2, 0.25) is 5.02 Å². The summed E-state index contributed by atoms with van der Waals surface area (Å²) in [4.78, 5) is 12.4. The maximum Gasteiger partial charge on any atom is 0.343 e. The van der Waals surface area contributed by atoms with Gasteiger partial charge in [-0.25, -0.2) is 4.79 Å². The lowest BCUT2D eigenvalue weighted by Crippen LogP contribution is -2.42. The lowest BCUT2D eigenvalue weighted by molar-refractivity contribution is -0.217. The molecule has 0 spiro atoms. The van der Waals surface area contributed by atoms with Gasteiger partial charge in [-0.3, -0.25) is 0 Å². The van der Waals surface area contributed by atoms with E-state index < -0.39 is 11.9 Å². The van der Waals surface area contributed by atoms with Crippen molar-refractivity contribution in [2.75, 3.05) is 0 Å². The first kappa shape index (κ1) is 15.4. The highest BCUT2D eigenvalue weighted by molar-refractivity contribution is 6.30. The third kappa shape index (κ3) is 2.85. The summed E-state index contributed by atoms with van der Waals surface area (Å²) in [6.07, 6.45) is 0.976. The van der Waals surface area contributed by atoms with E-state index in [0.717, 1.165) is 12.0 Å². The number of halogens is 1. The Morgan fingerprint density at radius 3 is 2.55 bits per heavy atom. The van der Waals surface area contributed by atoms with Gasteiger partial charge in [-0.15, -0.1) is 0 Å². The molecule has 0 aliphatic carbocycles. The van der Waals surface area contributed by atoms with Gasteiger partial charge in [-0.05, 0) is 24.1 Å². The summed E-state index contributed by atoms with van der Waals surface area (Å²) in [7, 11) is 0. The van der Waals surface area contributed by atoms with Gasteiger partial charge in [0.15, 0.2) is 0 Å². The molecule has 0 aromatic heterocycles. The van der Waals surface area contributed by atoms with Crippen LogP contribution in [0.3, 0.4) is 0 Å². The second-order valence-electron chi connectivity index (χ2n) is 6.03. The van der Waals surface area contributed by atoms with E-state index >= 15 is 0 Å². The summed E-state index contributed by atoms with van der Waals surface area (Å²) in [5, 5.41) is 0.643. The number of ether oxygens (including phenoxy) is 3. The second kappa shape index (κ2) is 5.60. The first-order chi connectivity index (χ1) is 10.4. The number of hydrogen-bond donors (Lipinski definition) is 0. The van der Waals surface area contributed by atoms with Crippen LogP contribution in [0, 0.1) is 0 Å². The van der Waals surface area contributed by atoms with Crippen molar-refractivity contribution in [1.82, 2.24) is 0 Å². The molecule has 2 atom stereocenters. The Morgan fingerprint density at radius 2 is 1.91 bits per heavy atom. The predicted octanol–water partition coefficient (Wildman–Crippen LogP) is 4.14. The molecule has 118 valence electrons. The molecule has 1 aromatic rings. The van der Waals surface area contributed by atoms with E-state index in [9.17, 15) is 4.79 Å². The minimum absolute atomic E-state index is 0.0149. The number of rotatable bonds is 2. The van der Waals surface area contributed by atoms with Crippen molar-refractivity contribution in [3.63, 3.8) is 0 Å². The standard InChI is InChI=1S/C17H19ClO4/c1-4-12-9-13-14(16(19)22-17(2,3)21-13)15(20-12)10-5-7-11(18)8-6-10/h5-8,12,15H,4,9H2,1-3H3/t12-,15+/m1/s1. The molecule has 3 rings (SSSR count). The Morgan fingerprint density at radius 1 is 1.23 bits per heavy atom. The molecule has 0 fully saturated rings. The molecule has 0 saturated carbocycles. The van der Waals surface area contributed by atoms with Gasteiger partial charge in [0.25, 0.3) is 0 Å². The molecule has 2 aliphatic heterocycles. The van der Waals surface area contributed by atoms with Crippen molar-refractivity contribution >= 4 is 17.6 Å². The Hall–Kier alpha value is -1.52. The summed E-state index contributed by atoms with van der Waals surface area (Å²) in [6.45, 7) is 5.53. The van der Waals surface area contributed by atoms with Crippen molar-refractivity contribution in [3.05, 3.63) is 46.2 Å². The smallest absolute Gasteiger partial charge is 0.343 e. The number of hydrogen-bond acceptors (Lipinski definition) is 4. The van der Waals surface area contributed by atoms with Crippen LogP contribution in [0.4, 0.5) is 0 Å². The Kier molecular flexibility index (Phi) is 3.91. The molecule has 22 heavy (non-hydrogen) atoms. The van der Waals surface area contributed by atoms with E-state index in [1.54, 1.807) is 26.0 Å². The van der Waals surface area contributed by atoms with E-state index in [1.165, 1.54) is 0 Å². The van der Waals surface area contributed by atoms with Crippen LogP contribution >= 0.6 is 11.6 Å². The Labute approximate surface area is 135 Å². The monoisotopic (exact) mass is 322 g/mol. The third-order valence-corrected chi connectivity index (χ3v) is 4.11. The normalized spacial score (nSPS) is 27.0. The van der Waals surface area contributed by atoms with Crippen LogP contribution in [-0.4, -0.2) is 17.9 Å². The average molecular weight is 323 g/mol. The van der Waals surface area contributed by atoms with Gasteiger partial charge < -0.3 is 14.2 Å². The first-order valence-electron chi connectivity index (χ1n) is 7.46. The van der Waals surface area contributed by atoms with E-state index in [0.29, 0.717) is 22.8 Å². The van der Waals surface area contributed by atoms with Gasteiger partial charge in [-0.2, -0.15) is 0 Å². The summed E-state index contributed by atoms with van der Waals surface area (Å²) in [6, 6.07) is 7.30. The summed E-state index contributed by atoms with van der Waals surface area (Å²) in [5.41, 5.74) is 1.33. The molecule has 0 radical (unpaired) electrons. The fourth-order valence-corrected chi connectivity index (χ4v) is 2.93. The van der Waals surface area contributed by atoms with Crippen molar-refractivity contribution in [2.45, 2.75) is 51.6 Å². The molecule has 0 bridgehead atoms. The molecule has 0 unspecified atom stereocenters. The molecule has 0 saturated heterocycles. The average Bonchev–Trinajstić information content (AvgIpc) is 2.45. The fourth-order valence-electron chi connectivity index (χ4n) is 2.81. The lowest BCUT2D eigenvalue weighted by Gasteiger charge is -2.40. The largest absolute Gasteiger partial charge is 0.456 e. The van der Waals surface area contributed by atoms with E-state index in [2.05, 4.69) is 6.92 Å². The number of carbonyl (C=O) groups is 1. The zero-order valence-corrected chi connectivity index (χ0v) is 13.6. The molecule has 1 aromatic carbocycles. The Balaban J connectivity index is 2.04. The van der Waals surface area contributed by atoms with Gasteiger partial charge in [0, 0.05) is 25.3 Å². The second-order valence-corrected chi connectivity index (χ2v) is 6.47. The van der Waals surface area contributed by atoms with Crippen LogP contribution in [0.1, 0.15) is 45.3 Å². The number of carbonyl (C=O) groups excluding carboxylic acids is 1. The number of benzene rings is 1. The van der Waals surface area contributed by atoms with Crippen LogP contribution in [0.5, 0.6) is 0 Å². The maximum atomic E-state index is 12.4. The highest BCUT2D eigenvalue weighted by Crippen LogP contribution is 2.43. The molecule has 0 amide bonds. The van der Waals surface area contributed by atoms with Crippen LogP contribution in [0.25, 0.3) is 0 Å². The predicted molar refractivity (Wildman–Crippen MR) is 82.3 cm³/mol. The molecule has 2 aliphatic rings. The molecule has 0 N–H and O–H groups in total. The van der Waals surface area contributed by atoms with Crippen molar-refractivity contribution < 1.29 is 19.0 Å². The topological polar surface area (TPSA) is 44.8 Å². The van der Waals surface area contributed by atoms with Gasteiger partial charge in [-0.1, -0.05) is 30.7 Å². The summed E-state index contributed by atoms with van der Waals surface area (Å²) < 4.78 is 17.3. The van der Waals surface area contributed by atoms with E-state index in [1.807, 2.05) is 12.1 Å². The van der Waals surface area contributed by atoms with E-state index in [-0.39, 0.29) is 12.1 Å². The Bertz CT molecular complexity index is 618. The van der Waals surface area contributed by atoms with Gasteiger partial charge in [0.1, 0.15) is 17.4 Å². The van der Waals surface area contributed by atoms with E-state index in [4.69, 9.17) is 25.8 Å². The van der Waals surface area contributed by atoms with Crippen molar-refractivity contribution in [1.29, 1.82) is 0 Å². The lowest BCUT2D eigenvalue weighted by atomic mass is 9.93. The molecule has 4 nitrogen and oxygen atoms in total. The molecular weight excluding hydrogens is 304 g/mol. The highest BCUT2D eigenvalue weighted by atomic mass is 35.5. The number of esters is 1. The fraction of sp³-hybridized carbons (Fsp3) is 0.471. The maximum absolute atomic E-state index is 12.4.